The van der Waals surface area contributed by atoms with E-state index in [9.17, 15) is 9.18 Å². The van der Waals surface area contributed by atoms with Gasteiger partial charge < -0.3 is 5.21 Å². The van der Waals surface area contributed by atoms with Gasteiger partial charge in [0, 0.05) is 6.20 Å². The van der Waals surface area contributed by atoms with Gasteiger partial charge in [-0.1, -0.05) is 0 Å². The van der Waals surface area contributed by atoms with Crippen LogP contribution in [0.5, 0.6) is 0 Å². The minimum atomic E-state index is -0.631. The highest BCUT2D eigenvalue weighted by molar-refractivity contribution is 9.10. The minimum absolute atomic E-state index is 0.149. The van der Waals surface area contributed by atoms with Crippen molar-refractivity contribution in [2.24, 2.45) is 0 Å². The molecule has 5 heteroatoms. The lowest BCUT2D eigenvalue weighted by atomic mass is 10.2. The lowest BCUT2D eigenvalue weighted by Crippen LogP contribution is -2.16. The summed E-state index contributed by atoms with van der Waals surface area (Å²) in [6.45, 7) is 0. The molecule has 0 atom stereocenters. The summed E-state index contributed by atoms with van der Waals surface area (Å²) in [5, 5.41) is 9.77. The van der Waals surface area contributed by atoms with Gasteiger partial charge in [0.25, 0.3) is 5.56 Å². The average Bonchev–Trinajstić information content (AvgIpc) is 2.15. The summed E-state index contributed by atoms with van der Waals surface area (Å²) in [6.07, 6.45) is 1.22. The molecular weight excluding hydrogens is 253 g/mol. The van der Waals surface area contributed by atoms with E-state index in [1.807, 2.05) is 0 Å². The molecule has 0 saturated heterocycles. The minimum Gasteiger partial charge on any atom is -0.425 e. The van der Waals surface area contributed by atoms with E-state index in [1.165, 1.54) is 18.3 Å². The van der Waals surface area contributed by atoms with Crippen LogP contribution in [0.15, 0.2) is 33.7 Å². The maximum absolute atomic E-state index is 13.1. The molecule has 0 spiro atoms. The smallest absolute Gasteiger partial charge is 0.290 e. The number of halogens is 2. The third-order valence-electron chi connectivity index (χ3n) is 1.93. The summed E-state index contributed by atoms with van der Waals surface area (Å²) in [5.74, 6) is -0.527. The van der Waals surface area contributed by atoms with Crippen LogP contribution in [0.3, 0.4) is 0 Å². The highest BCUT2D eigenvalue weighted by atomic mass is 79.9. The number of nitrogens with zero attached hydrogens (tertiary/aromatic N) is 1. The number of benzene rings is 1. The molecule has 2 rings (SSSR count). The van der Waals surface area contributed by atoms with Gasteiger partial charge in [0.1, 0.15) is 5.82 Å². The Morgan fingerprint density at radius 1 is 1.43 bits per heavy atom. The van der Waals surface area contributed by atoms with Gasteiger partial charge in [-0.2, -0.15) is 4.73 Å². The van der Waals surface area contributed by atoms with Crippen LogP contribution in [0, 0.1) is 5.82 Å². The van der Waals surface area contributed by atoms with Crippen LogP contribution in [-0.2, 0) is 0 Å². The van der Waals surface area contributed by atoms with Gasteiger partial charge in [-0.15, -0.1) is 0 Å². The number of fused-ring (bicyclic) bond motifs is 1. The van der Waals surface area contributed by atoms with Gasteiger partial charge in [0.15, 0.2) is 0 Å². The van der Waals surface area contributed by atoms with Gasteiger partial charge in [-0.3, -0.25) is 4.79 Å². The second-order valence-corrected chi connectivity index (χ2v) is 3.67. The highest BCUT2D eigenvalue weighted by Gasteiger charge is 2.06. The van der Waals surface area contributed by atoms with Gasteiger partial charge in [0.2, 0.25) is 0 Å². The van der Waals surface area contributed by atoms with Crippen molar-refractivity contribution in [2.45, 2.75) is 0 Å². The molecule has 2 aromatic rings. The molecule has 1 heterocycles. The number of pyridine rings is 1. The molecule has 1 aromatic carbocycles. The molecule has 0 fully saturated rings. The van der Waals surface area contributed by atoms with Crippen LogP contribution in [0.1, 0.15) is 0 Å². The fourth-order valence-electron chi connectivity index (χ4n) is 1.23. The largest absolute Gasteiger partial charge is 0.425 e. The Balaban J connectivity index is 2.97. The number of rotatable bonds is 0. The van der Waals surface area contributed by atoms with E-state index >= 15 is 0 Å². The Kier molecular flexibility index (Phi) is 2.03. The fraction of sp³-hybridized carbons (Fsp3) is 0. The van der Waals surface area contributed by atoms with E-state index in [4.69, 9.17) is 5.21 Å². The first kappa shape index (κ1) is 9.21. The van der Waals surface area contributed by atoms with Crippen molar-refractivity contribution >= 4 is 26.7 Å². The van der Waals surface area contributed by atoms with Crippen LogP contribution in [0.4, 0.5) is 4.39 Å². The maximum Gasteiger partial charge on any atom is 0.290 e. The molecule has 0 amide bonds. The molecule has 0 unspecified atom stereocenters. The third-order valence-corrected chi connectivity index (χ3v) is 2.53. The summed E-state index contributed by atoms with van der Waals surface area (Å²) < 4.78 is 13.8. The predicted octanol–water partition coefficient (Wildman–Crippen LogP) is 2.14. The van der Waals surface area contributed by atoms with E-state index in [2.05, 4.69) is 15.9 Å². The molecule has 0 bridgehead atoms. The first-order valence-corrected chi connectivity index (χ1v) is 4.58. The second-order valence-electron chi connectivity index (χ2n) is 2.82. The zero-order valence-electron chi connectivity index (χ0n) is 6.87. The van der Waals surface area contributed by atoms with Crippen LogP contribution in [0.25, 0.3) is 10.8 Å². The Bertz CT molecular complexity index is 564. The van der Waals surface area contributed by atoms with E-state index in [1.54, 1.807) is 0 Å². The quantitative estimate of drug-likeness (QED) is 0.735. The van der Waals surface area contributed by atoms with Gasteiger partial charge in [-0.05, 0) is 39.5 Å². The molecule has 14 heavy (non-hydrogen) atoms. The zero-order valence-corrected chi connectivity index (χ0v) is 8.45. The number of aromatic nitrogens is 1. The molecule has 72 valence electrons. The Labute approximate surface area is 86.5 Å². The summed E-state index contributed by atoms with van der Waals surface area (Å²) in [6, 6.07) is 4.11. The standard InChI is InChI=1S/C9H5BrFNO2/c10-7-3-5-1-2-12(14)9(13)6(5)4-8(7)11/h1-4,14H. The van der Waals surface area contributed by atoms with Crippen molar-refractivity contribution in [3.05, 3.63) is 45.0 Å². The normalized spacial score (nSPS) is 10.7. The maximum atomic E-state index is 13.1. The SMILES string of the molecule is O=c1c2cc(F)c(Br)cc2ccn1O. The van der Waals surface area contributed by atoms with Crippen molar-refractivity contribution in [1.82, 2.24) is 4.73 Å². The molecule has 0 radical (unpaired) electrons. The van der Waals surface area contributed by atoms with Crippen LogP contribution >= 0.6 is 15.9 Å². The molecule has 1 N–H and O–H groups in total. The second kappa shape index (κ2) is 3.09. The number of hydrogen-bond donors (Lipinski definition) is 1. The van der Waals surface area contributed by atoms with Crippen LogP contribution in [-0.4, -0.2) is 9.94 Å². The lowest BCUT2D eigenvalue weighted by Gasteiger charge is -2.01. The number of hydrogen-bond acceptors (Lipinski definition) is 2. The summed E-state index contributed by atoms with van der Waals surface area (Å²) in [5.41, 5.74) is -0.631. The Hall–Kier alpha value is -1.36. The Morgan fingerprint density at radius 2 is 2.14 bits per heavy atom. The summed E-state index contributed by atoms with van der Waals surface area (Å²) in [7, 11) is 0. The summed E-state index contributed by atoms with van der Waals surface area (Å²) in [4.78, 5) is 11.3. The predicted molar refractivity (Wildman–Crippen MR) is 53.1 cm³/mol. The molecule has 0 aliphatic carbocycles. The van der Waals surface area contributed by atoms with Gasteiger partial charge >= 0.3 is 0 Å². The molecule has 0 aliphatic heterocycles. The van der Waals surface area contributed by atoms with Crippen molar-refractivity contribution in [2.75, 3.05) is 0 Å². The van der Waals surface area contributed by atoms with Crippen LogP contribution < -0.4 is 5.56 Å². The Morgan fingerprint density at radius 3 is 2.86 bits per heavy atom. The van der Waals surface area contributed by atoms with Crippen molar-refractivity contribution in [3.63, 3.8) is 0 Å². The summed E-state index contributed by atoms with van der Waals surface area (Å²) >= 11 is 3.01. The first-order chi connectivity index (χ1) is 6.59. The van der Waals surface area contributed by atoms with E-state index in [0.717, 1.165) is 6.07 Å². The van der Waals surface area contributed by atoms with E-state index in [0.29, 0.717) is 14.6 Å². The van der Waals surface area contributed by atoms with Crippen molar-refractivity contribution < 1.29 is 9.60 Å². The third kappa shape index (κ3) is 1.29. The van der Waals surface area contributed by atoms with E-state index in [-0.39, 0.29) is 5.39 Å². The monoisotopic (exact) mass is 257 g/mol. The molecule has 0 aliphatic rings. The lowest BCUT2D eigenvalue weighted by molar-refractivity contribution is 0.176. The average molecular weight is 258 g/mol. The van der Waals surface area contributed by atoms with E-state index < -0.39 is 11.4 Å². The van der Waals surface area contributed by atoms with Crippen molar-refractivity contribution in [1.29, 1.82) is 0 Å². The molecule has 3 nitrogen and oxygen atoms in total. The fourth-order valence-corrected chi connectivity index (χ4v) is 1.59. The van der Waals surface area contributed by atoms with Gasteiger partial charge in [-0.25, -0.2) is 4.39 Å². The topological polar surface area (TPSA) is 42.2 Å². The highest BCUT2D eigenvalue weighted by Crippen LogP contribution is 2.20. The molecule has 0 saturated carbocycles. The zero-order chi connectivity index (χ0) is 10.3. The molecular formula is C9H5BrFNO2. The van der Waals surface area contributed by atoms with Gasteiger partial charge in [0.05, 0.1) is 9.86 Å². The molecule has 1 aromatic heterocycles. The first-order valence-electron chi connectivity index (χ1n) is 3.79. The van der Waals surface area contributed by atoms with Crippen LogP contribution in [0.2, 0.25) is 0 Å². The van der Waals surface area contributed by atoms with Crippen molar-refractivity contribution in [3.8, 4) is 0 Å².